The molecule has 0 aliphatic carbocycles. The SMILES string of the molecule is CS(=O)(=O)c1cncc(Oc2ccc(I)cc2)n1. The van der Waals surface area contributed by atoms with Gasteiger partial charge in [0.25, 0.3) is 0 Å². The zero-order chi connectivity index (χ0) is 13.2. The smallest absolute Gasteiger partial charge is 0.239 e. The van der Waals surface area contributed by atoms with Crippen LogP contribution in [0, 0.1) is 3.57 Å². The van der Waals surface area contributed by atoms with E-state index in [2.05, 4.69) is 32.6 Å². The monoisotopic (exact) mass is 376 g/mol. The van der Waals surface area contributed by atoms with Crippen molar-refractivity contribution in [1.82, 2.24) is 9.97 Å². The van der Waals surface area contributed by atoms with E-state index < -0.39 is 9.84 Å². The molecule has 0 unspecified atom stereocenters. The molecule has 94 valence electrons. The van der Waals surface area contributed by atoms with E-state index in [1.165, 1.54) is 12.4 Å². The van der Waals surface area contributed by atoms with Crippen LogP contribution in [0.1, 0.15) is 0 Å². The topological polar surface area (TPSA) is 69.2 Å². The molecular formula is C11H9IN2O3S. The second-order valence-electron chi connectivity index (χ2n) is 3.52. The summed E-state index contributed by atoms with van der Waals surface area (Å²) < 4.78 is 29.2. The number of nitrogens with zero attached hydrogens (tertiary/aromatic N) is 2. The molecule has 2 aromatic rings. The largest absolute Gasteiger partial charge is 0.437 e. The minimum absolute atomic E-state index is 0.106. The molecule has 0 aliphatic rings. The number of benzene rings is 1. The van der Waals surface area contributed by atoms with Crippen molar-refractivity contribution in [2.45, 2.75) is 5.03 Å². The van der Waals surface area contributed by atoms with Gasteiger partial charge in [-0.05, 0) is 46.9 Å². The standard InChI is InChI=1S/C11H9IN2O3S/c1-18(15,16)11-7-13-6-10(14-11)17-9-4-2-8(12)3-5-9/h2-7H,1H3. The Morgan fingerprint density at radius 3 is 2.44 bits per heavy atom. The van der Waals surface area contributed by atoms with Gasteiger partial charge in [0.15, 0.2) is 14.9 Å². The van der Waals surface area contributed by atoms with Crippen LogP contribution in [0.4, 0.5) is 0 Å². The Labute approximate surface area is 118 Å². The molecule has 1 aromatic carbocycles. The van der Waals surface area contributed by atoms with Gasteiger partial charge >= 0.3 is 0 Å². The maximum Gasteiger partial charge on any atom is 0.239 e. The molecule has 0 bridgehead atoms. The van der Waals surface area contributed by atoms with E-state index in [0.717, 1.165) is 9.83 Å². The molecule has 0 amide bonds. The molecule has 0 saturated heterocycles. The molecule has 0 atom stereocenters. The van der Waals surface area contributed by atoms with Crippen molar-refractivity contribution in [1.29, 1.82) is 0 Å². The first kappa shape index (κ1) is 13.2. The highest BCUT2D eigenvalue weighted by Crippen LogP contribution is 2.20. The van der Waals surface area contributed by atoms with Gasteiger partial charge in [0.2, 0.25) is 5.88 Å². The fraction of sp³-hybridized carbons (Fsp3) is 0.0909. The lowest BCUT2D eigenvalue weighted by molar-refractivity contribution is 0.453. The van der Waals surface area contributed by atoms with Gasteiger partial charge in [0.05, 0.1) is 12.4 Å². The Hall–Kier alpha value is -1.22. The highest BCUT2D eigenvalue weighted by Gasteiger charge is 2.11. The Bertz CT molecular complexity index is 656. The van der Waals surface area contributed by atoms with Crippen LogP contribution in [0.5, 0.6) is 11.6 Å². The van der Waals surface area contributed by atoms with Crippen molar-refractivity contribution in [3.8, 4) is 11.6 Å². The lowest BCUT2D eigenvalue weighted by Gasteiger charge is -2.05. The van der Waals surface area contributed by atoms with Crippen molar-refractivity contribution in [3.63, 3.8) is 0 Å². The first-order valence-electron chi connectivity index (χ1n) is 4.91. The Morgan fingerprint density at radius 1 is 1.17 bits per heavy atom. The van der Waals surface area contributed by atoms with Gasteiger partial charge in [-0.3, -0.25) is 4.98 Å². The summed E-state index contributed by atoms with van der Waals surface area (Å²) in [5.74, 6) is 0.731. The highest BCUT2D eigenvalue weighted by molar-refractivity contribution is 14.1. The van der Waals surface area contributed by atoms with Crippen LogP contribution in [0.25, 0.3) is 0 Å². The summed E-state index contributed by atoms with van der Waals surface area (Å²) in [6.45, 7) is 0. The molecule has 0 fully saturated rings. The van der Waals surface area contributed by atoms with E-state index in [-0.39, 0.29) is 10.9 Å². The number of aromatic nitrogens is 2. The first-order chi connectivity index (χ1) is 8.45. The van der Waals surface area contributed by atoms with Crippen molar-refractivity contribution in [3.05, 3.63) is 40.2 Å². The molecule has 0 aliphatic heterocycles. The number of hydrogen-bond donors (Lipinski definition) is 0. The molecule has 1 aromatic heterocycles. The average molecular weight is 376 g/mol. The number of hydrogen-bond acceptors (Lipinski definition) is 5. The fourth-order valence-corrected chi connectivity index (χ4v) is 2.05. The molecule has 5 nitrogen and oxygen atoms in total. The van der Waals surface area contributed by atoms with E-state index >= 15 is 0 Å². The van der Waals surface area contributed by atoms with Crippen molar-refractivity contribution in [2.24, 2.45) is 0 Å². The lowest BCUT2D eigenvalue weighted by atomic mass is 10.3. The molecular weight excluding hydrogens is 367 g/mol. The summed E-state index contributed by atoms with van der Waals surface area (Å²) in [6.07, 6.45) is 3.63. The Kier molecular flexibility index (Phi) is 3.81. The van der Waals surface area contributed by atoms with Gasteiger partial charge in [-0.15, -0.1) is 0 Å². The predicted molar refractivity (Wildman–Crippen MR) is 74.4 cm³/mol. The molecule has 18 heavy (non-hydrogen) atoms. The fourth-order valence-electron chi connectivity index (χ4n) is 1.18. The summed E-state index contributed by atoms with van der Waals surface area (Å²) in [4.78, 5) is 7.68. The summed E-state index contributed by atoms with van der Waals surface area (Å²) in [6, 6.07) is 7.31. The highest BCUT2D eigenvalue weighted by atomic mass is 127. The third kappa shape index (κ3) is 3.39. The number of rotatable bonds is 3. The van der Waals surface area contributed by atoms with Gasteiger partial charge in [-0.2, -0.15) is 4.98 Å². The molecule has 0 radical (unpaired) electrons. The van der Waals surface area contributed by atoms with Crippen LogP contribution < -0.4 is 4.74 Å². The lowest BCUT2D eigenvalue weighted by Crippen LogP contribution is -2.02. The molecule has 2 rings (SSSR count). The second kappa shape index (κ2) is 5.19. The zero-order valence-electron chi connectivity index (χ0n) is 9.37. The number of ether oxygens (including phenoxy) is 1. The van der Waals surface area contributed by atoms with E-state index in [1.54, 1.807) is 12.1 Å². The Balaban J connectivity index is 2.27. The third-order valence-electron chi connectivity index (χ3n) is 2.01. The van der Waals surface area contributed by atoms with Crippen LogP contribution in [-0.2, 0) is 9.84 Å². The summed E-state index contributed by atoms with van der Waals surface area (Å²) in [7, 11) is -3.38. The third-order valence-corrected chi connectivity index (χ3v) is 3.68. The minimum atomic E-state index is -3.38. The molecule has 0 saturated carbocycles. The molecule has 0 spiro atoms. The number of halogens is 1. The van der Waals surface area contributed by atoms with Gasteiger partial charge in [-0.1, -0.05) is 0 Å². The van der Waals surface area contributed by atoms with Crippen LogP contribution in [0.3, 0.4) is 0 Å². The summed E-state index contributed by atoms with van der Waals surface area (Å²) in [5.41, 5.74) is 0. The number of sulfone groups is 1. The van der Waals surface area contributed by atoms with Gasteiger partial charge in [0.1, 0.15) is 5.75 Å². The van der Waals surface area contributed by atoms with E-state index in [0.29, 0.717) is 5.75 Å². The van der Waals surface area contributed by atoms with Crippen molar-refractivity contribution < 1.29 is 13.2 Å². The van der Waals surface area contributed by atoms with Gasteiger partial charge < -0.3 is 4.74 Å². The van der Waals surface area contributed by atoms with Gasteiger partial charge in [-0.25, -0.2) is 8.42 Å². The minimum Gasteiger partial charge on any atom is -0.437 e. The van der Waals surface area contributed by atoms with Crippen LogP contribution >= 0.6 is 22.6 Å². The van der Waals surface area contributed by atoms with Crippen molar-refractivity contribution >= 4 is 32.4 Å². The average Bonchev–Trinajstić information content (AvgIpc) is 2.31. The molecule has 0 N–H and O–H groups in total. The normalized spacial score (nSPS) is 11.2. The first-order valence-corrected chi connectivity index (χ1v) is 7.88. The van der Waals surface area contributed by atoms with E-state index in [4.69, 9.17) is 4.74 Å². The molecule has 1 heterocycles. The quantitative estimate of drug-likeness (QED) is 0.769. The zero-order valence-corrected chi connectivity index (χ0v) is 12.3. The van der Waals surface area contributed by atoms with Gasteiger partial charge in [0, 0.05) is 9.83 Å². The second-order valence-corrected chi connectivity index (χ2v) is 6.73. The summed E-state index contributed by atoms with van der Waals surface area (Å²) >= 11 is 2.18. The Morgan fingerprint density at radius 2 is 1.83 bits per heavy atom. The summed E-state index contributed by atoms with van der Waals surface area (Å²) in [5, 5.41) is -0.106. The van der Waals surface area contributed by atoms with Crippen LogP contribution in [-0.4, -0.2) is 24.6 Å². The van der Waals surface area contributed by atoms with E-state index in [1.807, 2.05) is 12.1 Å². The predicted octanol–water partition coefficient (Wildman–Crippen LogP) is 2.28. The maximum atomic E-state index is 11.3. The molecule has 7 heteroatoms. The van der Waals surface area contributed by atoms with Crippen molar-refractivity contribution in [2.75, 3.05) is 6.26 Å². The van der Waals surface area contributed by atoms with E-state index in [9.17, 15) is 8.42 Å². The van der Waals surface area contributed by atoms with Crippen LogP contribution in [0.15, 0.2) is 41.7 Å². The maximum absolute atomic E-state index is 11.3. The van der Waals surface area contributed by atoms with Crippen LogP contribution in [0.2, 0.25) is 0 Å².